The van der Waals surface area contributed by atoms with Gasteiger partial charge in [0.1, 0.15) is 0 Å². The van der Waals surface area contributed by atoms with Crippen LogP contribution in [0.3, 0.4) is 0 Å². The summed E-state index contributed by atoms with van der Waals surface area (Å²) in [6.45, 7) is 16.9. The summed E-state index contributed by atoms with van der Waals surface area (Å²) in [5, 5.41) is 3.74. The third kappa shape index (κ3) is 4.67. The molecule has 2 fully saturated rings. The van der Waals surface area contributed by atoms with Crippen LogP contribution >= 0.6 is 0 Å². The van der Waals surface area contributed by atoms with Crippen LogP contribution in [0.15, 0.2) is 0 Å². The number of morpholine rings is 1. The lowest BCUT2D eigenvalue weighted by Gasteiger charge is -2.50. The first kappa shape index (κ1) is 17.2. The van der Waals surface area contributed by atoms with Crippen LogP contribution < -0.4 is 5.32 Å². The van der Waals surface area contributed by atoms with Gasteiger partial charge in [-0.3, -0.25) is 4.90 Å². The lowest BCUT2D eigenvalue weighted by atomic mass is 9.69. The summed E-state index contributed by atoms with van der Waals surface area (Å²) in [5.74, 6) is 0.872. The first-order chi connectivity index (χ1) is 9.83. The molecule has 0 spiro atoms. The van der Waals surface area contributed by atoms with Crippen molar-refractivity contribution in [3.63, 3.8) is 0 Å². The maximum atomic E-state index is 5.70. The van der Waals surface area contributed by atoms with Gasteiger partial charge in [0.15, 0.2) is 0 Å². The highest BCUT2D eigenvalue weighted by molar-refractivity contribution is 4.94. The molecule has 1 saturated heterocycles. The van der Waals surface area contributed by atoms with E-state index in [9.17, 15) is 0 Å². The Labute approximate surface area is 131 Å². The molecule has 3 nitrogen and oxygen atoms in total. The second kappa shape index (κ2) is 6.97. The number of nitrogens with one attached hydrogen (secondary N) is 1. The summed E-state index contributed by atoms with van der Waals surface area (Å²) in [5.41, 5.74) is 0.639. The lowest BCUT2D eigenvalue weighted by molar-refractivity contribution is -0.0752. The summed E-state index contributed by atoms with van der Waals surface area (Å²) >= 11 is 0. The standard InChI is InChI=1S/C18H36N2O/c1-15(2)19-12-18(8-6-7-16(3)11-18)13-20-9-10-21-14-17(20,4)5/h15-16,19H,6-14H2,1-5H3. The van der Waals surface area contributed by atoms with Crippen molar-refractivity contribution < 1.29 is 4.74 Å². The molecule has 3 heteroatoms. The molecule has 2 aliphatic rings. The van der Waals surface area contributed by atoms with Crippen LogP contribution in [-0.4, -0.2) is 49.3 Å². The highest BCUT2D eigenvalue weighted by Gasteiger charge is 2.40. The predicted octanol–water partition coefficient (Wildman–Crippen LogP) is 3.29. The average molecular weight is 296 g/mol. The van der Waals surface area contributed by atoms with Crippen LogP contribution in [0.5, 0.6) is 0 Å². The monoisotopic (exact) mass is 296 g/mol. The van der Waals surface area contributed by atoms with Crippen molar-refractivity contribution in [3.05, 3.63) is 0 Å². The fourth-order valence-corrected chi connectivity index (χ4v) is 4.14. The van der Waals surface area contributed by atoms with E-state index in [-0.39, 0.29) is 5.54 Å². The van der Waals surface area contributed by atoms with E-state index in [2.05, 4.69) is 44.8 Å². The number of hydrogen-bond donors (Lipinski definition) is 1. The zero-order chi connectivity index (χ0) is 15.5. The molecule has 1 aliphatic carbocycles. The van der Waals surface area contributed by atoms with Crippen molar-refractivity contribution >= 4 is 0 Å². The molecule has 0 aromatic rings. The Morgan fingerprint density at radius 3 is 2.71 bits per heavy atom. The van der Waals surface area contributed by atoms with Gasteiger partial charge in [0, 0.05) is 31.2 Å². The number of rotatable bonds is 5. The van der Waals surface area contributed by atoms with Crippen LogP contribution in [0.4, 0.5) is 0 Å². The van der Waals surface area contributed by atoms with Gasteiger partial charge >= 0.3 is 0 Å². The van der Waals surface area contributed by atoms with Crippen molar-refractivity contribution in [1.29, 1.82) is 0 Å². The van der Waals surface area contributed by atoms with E-state index in [1.54, 1.807) is 0 Å². The maximum Gasteiger partial charge on any atom is 0.0645 e. The van der Waals surface area contributed by atoms with Crippen LogP contribution in [0.25, 0.3) is 0 Å². The zero-order valence-electron chi connectivity index (χ0n) is 14.9. The van der Waals surface area contributed by atoms with Gasteiger partial charge in [-0.1, -0.05) is 33.6 Å². The molecule has 1 heterocycles. The van der Waals surface area contributed by atoms with Gasteiger partial charge < -0.3 is 10.1 Å². The fourth-order valence-electron chi connectivity index (χ4n) is 4.14. The van der Waals surface area contributed by atoms with Crippen molar-refractivity contribution in [3.8, 4) is 0 Å². The molecule has 0 aromatic carbocycles. The van der Waals surface area contributed by atoms with Crippen molar-refractivity contribution in [1.82, 2.24) is 10.2 Å². The van der Waals surface area contributed by atoms with E-state index in [1.807, 2.05) is 0 Å². The zero-order valence-corrected chi connectivity index (χ0v) is 14.9. The number of ether oxygens (including phenoxy) is 1. The Morgan fingerprint density at radius 2 is 2.10 bits per heavy atom. The molecule has 2 atom stereocenters. The minimum Gasteiger partial charge on any atom is -0.378 e. The smallest absolute Gasteiger partial charge is 0.0645 e. The van der Waals surface area contributed by atoms with Crippen LogP contribution in [0.1, 0.15) is 60.3 Å². The van der Waals surface area contributed by atoms with E-state index in [1.165, 1.54) is 38.8 Å². The molecule has 124 valence electrons. The first-order valence-corrected chi connectivity index (χ1v) is 8.89. The molecule has 2 unspecified atom stereocenters. The first-order valence-electron chi connectivity index (χ1n) is 8.89. The van der Waals surface area contributed by atoms with Gasteiger partial charge in [0.05, 0.1) is 13.2 Å². The van der Waals surface area contributed by atoms with Crippen molar-refractivity contribution in [2.24, 2.45) is 11.3 Å². The Hall–Kier alpha value is -0.120. The fraction of sp³-hybridized carbons (Fsp3) is 1.00. The molecule has 1 N–H and O–H groups in total. The van der Waals surface area contributed by atoms with Crippen molar-refractivity contribution in [2.45, 2.75) is 71.9 Å². The molecule has 1 saturated carbocycles. The molecule has 0 bridgehead atoms. The summed E-state index contributed by atoms with van der Waals surface area (Å²) in [7, 11) is 0. The maximum absolute atomic E-state index is 5.70. The highest BCUT2D eigenvalue weighted by Crippen LogP contribution is 2.41. The predicted molar refractivity (Wildman–Crippen MR) is 89.7 cm³/mol. The Bertz CT molecular complexity index is 329. The van der Waals surface area contributed by atoms with E-state index in [0.717, 1.165) is 25.7 Å². The molecule has 0 amide bonds. The lowest BCUT2D eigenvalue weighted by Crippen LogP contribution is -2.58. The van der Waals surface area contributed by atoms with Gasteiger partial charge in [-0.05, 0) is 38.0 Å². The normalized spacial score (nSPS) is 34.3. The molecule has 0 radical (unpaired) electrons. The van der Waals surface area contributed by atoms with E-state index in [0.29, 0.717) is 11.5 Å². The third-order valence-corrected chi connectivity index (χ3v) is 5.41. The molecule has 0 aromatic heterocycles. The van der Waals surface area contributed by atoms with E-state index in [4.69, 9.17) is 4.74 Å². The van der Waals surface area contributed by atoms with E-state index < -0.39 is 0 Å². The van der Waals surface area contributed by atoms with Crippen molar-refractivity contribution in [2.75, 3.05) is 32.8 Å². The van der Waals surface area contributed by atoms with Crippen LogP contribution in [0, 0.1) is 11.3 Å². The summed E-state index contributed by atoms with van der Waals surface area (Å²) < 4.78 is 5.70. The minimum absolute atomic E-state index is 0.184. The molecular formula is C18H36N2O. The third-order valence-electron chi connectivity index (χ3n) is 5.41. The minimum atomic E-state index is 0.184. The van der Waals surface area contributed by atoms with E-state index >= 15 is 0 Å². The largest absolute Gasteiger partial charge is 0.378 e. The number of hydrogen-bond acceptors (Lipinski definition) is 3. The van der Waals surface area contributed by atoms with Crippen LogP contribution in [0.2, 0.25) is 0 Å². The Kier molecular flexibility index (Phi) is 5.72. The van der Waals surface area contributed by atoms with Gasteiger partial charge in [-0.25, -0.2) is 0 Å². The topological polar surface area (TPSA) is 24.5 Å². The quantitative estimate of drug-likeness (QED) is 0.842. The summed E-state index contributed by atoms with van der Waals surface area (Å²) in [4.78, 5) is 2.69. The Morgan fingerprint density at radius 1 is 1.33 bits per heavy atom. The van der Waals surface area contributed by atoms with Gasteiger partial charge in [-0.2, -0.15) is 0 Å². The van der Waals surface area contributed by atoms with Gasteiger partial charge in [-0.15, -0.1) is 0 Å². The Balaban J connectivity index is 2.07. The summed E-state index contributed by atoms with van der Waals surface area (Å²) in [6, 6.07) is 0.580. The van der Waals surface area contributed by atoms with Gasteiger partial charge in [0.25, 0.3) is 0 Å². The molecular weight excluding hydrogens is 260 g/mol. The van der Waals surface area contributed by atoms with Crippen LogP contribution in [-0.2, 0) is 4.74 Å². The second-order valence-corrected chi connectivity index (χ2v) is 8.52. The molecule has 2 rings (SSSR count). The van der Waals surface area contributed by atoms with Gasteiger partial charge in [0.2, 0.25) is 0 Å². The highest BCUT2D eigenvalue weighted by atomic mass is 16.5. The number of nitrogens with zero attached hydrogens (tertiary/aromatic N) is 1. The molecule has 1 aliphatic heterocycles. The molecule has 21 heavy (non-hydrogen) atoms. The second-order valence-electron chi connectivity index (χ2n) is 8.52. The SMILES string of the molecule is CC1CCCC(CNC(C)C)(CN2CCOCC2(C)C)C1. The summed E-state index contributed by atoms with van der Waals surface area (Å²) in [6.07, 6.45) is 5.56. The average Bonchev–Trinajstić information content (AvgIpc) is 2.39.